The van der Waals surface area contributed by atoms with Gasteiger partial charge in [0.25, 0.3) is 0 Å². The molecule has 2 aromatic carbocycles. The molecule has 0 aromatic heterocycles. The average Bonchev–Trinajstić information content (AvgIpc) is 3.24. The molecule has 170 valence electrons. The molecule has 0 bridgehead atoms. The first-order chi connectivity index (χ1) is 15.2. The summed E-state index contributed by atoms with van der Waals surface area (Å²) in [6, 6.07) is 11.3. The molecule has 1 saturated heterocycles. The van der Waals surface area contributed by atoms with Crippen molar-refractivity contribution in [2.24, 2.45) is 0 Å². The standard InChI is InChI=1S/C24H27NO6S/c1-16-13-25(14-17(2)31-16)32(28,29)22-8-4-7-21(12-22)24(27)30-15-23(26)20-10-9-18-5-3-6-19(18)11-20/h4,7-12,16-17H,3,5-6,13-15H2,1-2H3. The lowest BCUT2D eigenvalue weighted by Gasteiger charge is -2.34. The van der Waals surface area contributed by atoms with E-state index in [2.05, 4.69) is 0 Å². The Bertz CT molecular complexity index is 1130. The molecule has 1 aliphatic carbocycles. The summed E-state index contributed by atoms with van der Waals surface area (Å²) in [6.45, 7) is 3.74. The second kappa shape index (κ2) is 9.13. The van der Waals surface area contributed by atoms with E-state index < -0.39 is 22.6 Å². The molecule has 2 atom stereocenters. The van der Waals surface area contributed by atoms with Crippen molar-refractivity contribution in [3.63, 3.8) is 0 Å². The Morgan fingerprint density at radius 3 is 2.47 bits per heavy atom. The van der Waals surface area contributed by atoms with Crippen LogP contribution in [0.25, 0.3) is 0 Å². The molecule has 7 nitrogen and oxygen atoms in total. The van der Waals surface area contributed by atoms with Gasteiger partial charge in [0, 0.05) is 18.7 Å². The van der Waals surface area contributed by atoms with Crippen molar-refractivity contribution < 1.29 is 27.5 Å². The number of morpholine rings is 1. The van der Waals surface area contributed by atoms with E-state index in [1.165, 1.54) is 39.7 Å². The van der Waals surface area contributed by atoms with Crippen molar-refractivity contribution in [1.82, 2.24) is 4.31 Å². The van der Waals surface area contributed by atoms with Crippen molar-refractivity contribution in [3.8, 4) is 0 Å². The number of carbonyl (C=O) groups excluding carboxylic acids is 2. The Hall–Kier alpha value is -2.55. The van der Waals surface area contributed by atoms with Crippen molar-refractivity contribution >= 4 is 21.8 Å². The van der Waals surface area contributed by atoms with Crippen LogP contribution in [0, 0.1) is 0 Å². The summed E-state index contributed by atoms with van der Waals surface area (Å²) in [6.07, 6.45) is 2.64. The van der Waals surface area contributed by atoms with Gasteiger partial charge >= 0.3 is 5.97 Å². The lowest BCUT2D eigenvalue weighted by molar-refractivity contribution is -0.0440. The van der Waals surface area contributed by atoms with Crippen LogP contribution in [0.4, 0.5) is 0 Å². The van der Waals surface area contributed by atoms with Crippen LogP contribution < -0.4 is 0 Å². The predicted octanol–water partition coefficient (Wildman–Crippen LogP) is 3.01. The highest BCUT2D eigenvalue weighted by Crippen LogP contribution is 2.24. The number of aryl methyl sites for hydroxylation is 2. The number of carbonyl (C=O) groups is 2. The Balaban J connectivity index is 1.43. The first-order valence-corrected chi connectivity index (χ1v) is 12.3. The van der Waals surface area contributed by atoms with Crippen LogP contribution in [0.15, 0.2) is 47.4 Å². The summed E-state index contributed by atoms with van der Waals surface area (Å²) < 4.78 is 38.3. The van der Waals surface area contributed by atoms with E-state index in [4.69, 9.17) is 9.47 Å². The third kappa shape index (κ3) is 4.77. The summed E-state index contributed by atoms with van der Waals surface area (Å²) in [5.74, 6) is -1.02. The lowest BCUT2D eigenvalue weighted by Crippen LogP contribution is -2.48. The van der Waals surface area contributed by atoms with Crippen molar-refractivity contribution in [1.29, 1.82) is 0 Å². The van der Waals surface area contributed by atoms with Gasteiger partial charge in [0.2, 0.25) is 10.0 Å². The van der Waals surface area contributed by atoms with E-state index in [9.17, 15) is 18.0 Å². The minimum absolute atomic E-state index is 0.0122. The van der Waals surface area contributed by atoms with Gasteiger partial charge < -0.3 is 9.47 Å². The first-order valence-electron chi connectivity index (χ1n) is 10.8. The minimum atomic E-state index is -3.79. The largest absolute Gasteiger partial charge is 0.454 e. The number of rotatable bonds is 6. The van der Waals surface area contributed by atoms with Gasteiger partial charge in [-0.1, -0.05) is 18.2 Å². The van der Waals surface area contributed by atoms with Crippen molar-refractivity contribution in [2.45, 2.75) is 50.2 Å². The molecular weight excluding hydrogens is 430 g/mol. The number of sulfonamides is 1. The first kappa shape index (κ1) is 22.6. The molecule has 0 amide bonds. The minimum Gasteiger partial charge on any atom is -0.454 e. The number of esters is 1. The summed E-state index contributed by atoms with van der Waals surface area (Å²) >= 11 is 0. The average molecular weight is 458 g/mol. The SMILES string of the molecule is CC1CN(S(=O)(=O)c2cccc(C(=O)OCC(=O)c3ccc4c(c3)CCC4)c2)CC(C)O1. The zero-order valence-corrected chi connectivity index (χ0v) is 19.1. The van der Waals surface area contributed by atoms with Crippen molar-refractivity contribution in [3.05, 3.63) is 64.7 Å². The summed E-state index contributed by atoms with van der Waals surface area (Å²) in [5, 5.41) is 0. The monoisotopic (exact) mass is 457 g/mol. The number of hydrogen-bond donors (Lipinski definition) is 0. The molecule has 0 radical (unpaired) electrons. The molecule has 8 heteroatoms. The number of nitrogens with zero attached hydrogens (tertiary/aromatic N) is 1. The quantitative estimate of drug-likeness (QED) is 0.489. The second-order valence-electron chi connectivity index (χ2n) is 8.44. The smallest absolute Gasteiger partial charge is 0.338 e. The molecule has 2 aliphatic rings. The van der Waals surface area contributed by atoms with E-state index in [1.54, 1.807) is 6.07 Å². The van der Waals surface area contributed by atoms with Crippen LogP contribution in [0.1, 0.15) is 52.1 Å². The molecule has 32 heavy (non-hydrogen) atoms. The van der Waals surface area contributed by atoms with Gasteiger partial charge in [0.05, 0.1) is 22.7 Å². The Morgan fingerprint density at radius 2 is 1.72 bits per heavy atom. The highest BCUT2D eigenvalue weighted by molar-refractivity contribution is 7.89. The molecule has 4 rings (SSSR count). The maximum atomic E-state index is 13.1. The number of ether oxygens (including phenoxy) is 2. The van der Waals surface area contributed by atoms with Crippen molar-refractivity contribution in [2.75, 3.05) is 19.7 Å². The fourth-order valence-electron chi connectivity index (χ4n) is 4.30. The summed E-state index contributed by atoms with van der Waals surface area (Å²) in [5.41, 5.74) is 3.04. The van der Waals surface area contributed by atoms with E-state index in [1.807, 2.05) is 26.0 Å². The van der Waals surface area contributed by atoms with Crippen LogP contribution >= 0.6 is 0 Å². The Morgan fingerprint density at radius 1 is 1.00 bits per heavy atom. The third-order valence-corrected chi connectivity index (χ3v) is 7.68. The van der Waals surface area contributed by atoms with Gasteiger partial charge in [-0.05, 0) is 68.5 Å². The van der Waals surface area contributed by atoms with Crippen LogP contribution in [-0.2, 0) is 32.3 Å². The molecule has 0 saturated carbocycles. The molecule has 0 spiro atoms. The Labute approximate surface area is 188 Å². The third-order valence-electron chi connectivity index (χ3n) is 5.85. The maximum Gasteiger partial charge on any atom is 0.338 e. The highest BCUT2D eigenvalue weighted by atomic mass is 32.2. The zero-order valence-electron chi connectivity index (χ0n) is 18.2. The number of hydrogen-bond acceptors (Lipinski definition) is 6. The van der Waals surface area contributed by atoms with E-state index >= 15 is 0 Å². The summed E-state index contributed by atoms with van der Waals surface area (Å²) in [7, 11) is -3.79. The van der Waals surface area contributed by atoms with Crippen LogP contribution in [0.3, 0.4) is 0 Å². The number of ketones is 1. The van der Waals surface area contributed by atoms with Crippen LogP contribution in [-0.4, -0.2) is 56.4 Å². The second-order valence-corrected chi connectivity index (χ2v) is 10.4. The van der Waals surface area contributed by atoms with Crippen LogP contribution in [0.5, 0.6) is 0 Å². The molecule has 0 N–H and O–H groups in total. The zero-order chi connectivity index (χ0) is 22.9. The fraction of sp³-hybridized carbons (Fsp3) is 0.417. The normalized spacial score (nSPS) is 21.2. The Kier molecular flexibility index (Phi) is 6.46. The molecular formula is C24H27NO6S. The molecule has 1 aliphatic heterocycles. The molecule has 2 unspecified atom stereocenters. The van der Waals surface area contributed by atoms with E-state index in [0.29, 0.717) is 5.56 Å². The van der Waals surface area contributed by atoms with Gasteiger partial charge in [-0.25, -0.2) is 13.2 Å². The molecule has 1 heterocycles. The van der Waals surface area contributed by atoms with Crippen LogP contribution in [0.2, 0.25) is 0 Å². The van der Waals surface area contributed by atoms with Gasteiger partial charge in [-0.3, -0.25) is 4.79 Å². The number of Topliss-reactive ketones (excluding diaryl/α,β-unsaturated/α-hetero) is 1. The van der Waals surface area contributed by atoms with E-state index in [0.717, 1.165) is 19.3 Å². The fourth-order valence-corrected chi connectivity index (χ4v) is 5.94. The molecule has 2 aromatic rings. The number of benzene rings is 2. The lowest BCUT2D eigenvalue weighted by atomic mass is 10.0. The van der Waals surface area contributed by atoms with Gasteiger partial charge in [0.15, 0.2) is 12.4 Å². The van der Waals surface area contributed by atoms with Gasteiger partial charge in [-0.15, -0.1) is 0 Å². The maximum absolute atomic E-state index is 13.1. The van der Waals surface area contributed by atoms with E-state index in [-0.39, 0.29) is 41.5 Å². The predicted molar refractivity (Wildman–Crippen MR) is 118 cm³/mol. The molecule has 1 fully saturated rings. The summed E-state index contributed by atoms with van der Waals surface area (Å²) in [4.78, 5) is 25.0. The van der Waals surface area contributed by atoms with Gasteiger partial charge in [0.1, 0.15) is 0 Å². The number of fused-ring (bicyclic) bond motifs is 1. The highest BCUT2D eigenvalue weighted by Gasteiger charge is 2.32. The van der Waals surface area contributed by atoms with Gasteiger partial charge in [-0.2, -0.15) is 4.31 Å². The topological polar surface area (TPSA) is 90.0 Å².